The van der Waals surface area contributed by atoms with Gasteiger partial charge in [0.1, 0.15) is 0 Å². The summed E-state index contributed by atoms with van der Waals surface area (Å²) in [4.78, 5) is 25.1. The predicted molar refractivity (Wildman–Crippen MR) is 56.9 cm³/mol. The maximum atomic E-state index is 10.8. The van der Waals surface area contributed by atoms with Crippen molar-refractivity contribution in [3.63, 3.8) is 0 Å². The van der Waals surface area contributed by atoms with Crippen LogP contribution in [-0.2, 0) is 16.0 Å². The molecule has 15 heavy (non-hydrogen) atoms. The van der Waals surface area contributed by atoms with Gasteiger partial charge in [-0.15, -0.1) is 11.3 Å². The molecular weight excluding hydrogens is 216 g/mol. The molecule has 82 valence electrons. The lowest BCUT2D eigenvalue weighted by Crippen LogP contribution is -2.21. The monoisotopic (exact) mass is 228 g/mol. The maximum absolute atomic E-state index is 10.8. The van der Waals surface area contributed by atoms with E-state index in [1.807, 2.05) is 5.38 Å². The van der Waals surface area contributed by atoms with Gasteiger partial charge in [0.15, 0.2) is 5.13 Å². The first kappa shape index (κ1) is 11.6. The number of rotatable bonds is 3. The molecule has 0 spiro atoms. The molecule has 0 atom stereocenters. The summed E-state index contributed by atoms with van der Waals surface area (Å²) >= 11 is 1.23. The highest BCUT2D eigenvalue weighted by Gasteiger charge is 2.13. The quantitative estimate of drug-likeness (QED) is 0.766. The smallest absolute Gasteiger partial charge is 0.394 e. The van der Waals surface area contributed by atoms with Crippen molar-refractivity contribution in [1.82, 2.24) is 4.98 Å². The van der Waals surface area contributed by atoms with Crippen molar-refractivity contribution in [3.05, 3.63) is 11.1 Å². The Bertz CT molecular complexity index is 373. The van der Waals surface area contributed by atoms with Crippen LogP contribution in [0.2, 0.25) is 0 Å². The number of carboxylic acid groups (broad SMARTS) is 1. The number of aliphatic carboxylic acids is 1. The number of aromatic nitrogens is 1. The molecule has 1 aromatic heterocycles. The van der Waals surface area contributed by atoms with E-state index in [2.05, 4.69) is 24.1 Å². The molecule has 0 aliphatic carbocycles. The number of thiazole rings is 1. The van der Waals surface area contributed by atoms with E-state index in [0.29, 0.717) is 11.0 Å². The Hall–Kier alpha value is -1.43. The van der Waals surface area contributed by atoms with Crippen molar-refractivity contribution in [3.8, 4) is 0 Å². The fraction of sp³-hybridized carbons (Fsp3) is 0.444. The number of hydrogen-bond acceptors (Lipinski definition) is 4. The topological polar surface area (TPSA) is 79.3 Å². The van der Waals surface area contributed by atoms with Gasteiger partial charge in [-0.25, -0.2) is 9.78 Å². The number of carbonyl (C=O) groups excluding carboxylic acids is 1. The first-order chi connectivity index (χ1) is 6.99. The molecule has 0 saturated heterocycles. The summed E-state index contributed by atoms with van der Waals surface area (Å²) in [5.74, 6) is -2.08. The van der Waals surface area contributed by atoms with Crippen molar-refractivity contribution in [1.29, 1.82) is 0 Å². The van der Waals surface area contributed by atoms with Crippen LogP contribution >= 0.6 is 11.3 Å². The molecule has 1 aromatic rings. The van der Waals surface area contributed by atoms with Crippen molar-refractivity contribution in [2.45, 2.75) is 20.3 Å². The molecule has 0 fully saturated rings. The Balaban J connectivity index is 2.60. The average molecular weight is 228 g/mol. The molecule has 2 N–H and O–H groups in total. The summed E-state index contributed by atoms with van der Waals surface area (Å²) in [5.41, 5.74) is 0.871. The summed E-state index contributed by atoms with van der Waals surface area (Å²) in [6, 6.07) is 0. The van der Waals surface area contributed by atoms with Gasteiger partial charge in [-0.2, -0.15) is 0 Å². The fourth-order valence-electron chi connectivity index (χ4n) is 1.03. The zero-order valence-electron chi connectivity index (χ0n) is 8.48. The summed E-state index contributed by atoms with van der Waals surface area (Å²) in [5, 5.41) is 12.7. The van der Waals surface area contributed by atoms with Gasteiger partial charge in [0.25, 0.3) is 0 Å². The minimum atomic E-state index is -1.50. The second-order valence-electron chi connectivity index (χ2n) is 3.50. The molecular formula is C9H12N2O3S. The molecule has 1 rings (SSSR count). The highest BCUT2D eigenvalue weighted by Crippen LogP contribution is 2.17. The van der Waals surface area contributed by atoms with Crippen molar-refractivity contribution >= 4 is 28.3 Å². The normalized spacial score (nSPS) is 10.3. The second-order valence-corrected chi connectivity index (χ2v) is 4.36. The first-order valence-electron chi connectivity index (χ1n) is 4.47. The second kappa shape index (κ2) is 4.88. The Morgan fingerprint density at radius 2 is 2.27 bits per heavy atom. The van der Waals surface area contributed by atoms with Crippen LogP contribution < -0.4 is 5.32 Å². The van der Waals surface area contributed by atoms with E-state index in [4.69, 9.17) is 5.11 Å². The Labute approximate surface area is 91.1 Å². The van der Waals surface area contributed by atoms with Crippen molar-refractivity contribution in [2.75, 3.05) is 5.32 Å². The van der Waals surface area contributed by atoms with E-state index in [-0.39, 0.29) is 0 Å². The van der Waals surface area contributed by atoms with Gasteiger partial charge < -0.3 is 5.11 Å². The van der Waals surface area contributed by atoms with Crippen LogP contribution in [0.3, 0.4) is 0 Å². The number of nitrogens with zero attached hydrogens (tertiary/aromatic N) is 1. The lowest BCUT2D eigenvalue weighted by Gasteiger charge is -1.99. The van der Waals surface area contributed by atoms with Crippen LogP contribution in [-0.4, -0.2) is 22.0 Å². The summed E-state index contributed by atoms with van der Waals surface area (Å²) in [6.07, 6.45) is 0.819. The van der Waals surface area contributed by atoms with Crippen LogP contribution in [0.1, 0.15) is 19.5 Å². The van der Waals surface area contributed by atoms with Crippen LogP contribution in [0.5, 0.6) is 0 Å². The number of hydrogen-bond donors (Lipinski definition) is 2. The van der Waals surface area contributed by atoms with Gasteiger partial charge >= 0.3 is 11.9 Å². The van der Waals surface area contributed by atoms with E-state index in [1.165, 1.54) is 11.3 Å². The molecule has 6 heteroatoms. The summed E-state index contributed by atoms with van der Waals surface area (Å²) in [7, 11) is 0. The van der Waals surface area contributed by atoms with Gasteiger partial charge in [0.2, 0.25) is 0 Å². The van der Waals surface area contributed by atoms with E-state index < -0.39 is 11.9 Å². The van der Waals surface area contributed by atoms with Gasteiger partial charge in [0.05, 0.1) is 5.69 Å². The highest BCUT2D eigenvalue weighted by atomic mass is 32.1. The number of anilines is 1. The maximum Gasteiger partial charge on any atom is 0.394 e. The van der Waals surface area contributed by atoms with Gasteiger partial charge in [-0.3, -0.25) is 10.1 Å². The van der Waals surface area contributed by atoms with E-state index >= 15 is 0 Å². The van der Waals surface area contributed by atoms with Crippen LogP contribution in [0.4, 0.5) is 5.13 Å². The minimum Gasteiger partial charge on any atom is -0.474 e. The third kappa shape index (κ3) is 3.67. The average Bonchev–Trinajstić information content (AvgIpc) is 2.51. The molecule has 1 amide bonds. The summed E-state index contributed by atoms with van der Waals surface area (Å²) < 4.78 is 0. The van der Waals surface area contributed by atoms with Gasteiger partial charge in [-0.05, 0) is 12.3 Å². The molecule has 0 aromatic carbocycles. The predicted octanol–water partition coefficient (Wildman–Crippen LogP) is 1.36. The third-order valence-corrected chi connectivity index (χ3v) is 2.39. The largest absolute Gasteiger partial charge is 0.474 e. The van der Waals surface area contributed by atoms with E-state index in [9.17, 15) is 9.59 Å². The zero-order chi connectivity index (χ0) is 11.4. The SMILES string of the molecule is CC(C)Cc1csc(NC(=O)C(=O)O)n1. The molecule has 1 heterocycles. The highest BCUT2D eigenvalue weighted by molar-refractivity contribution is 7.14. The standard InChI is InChI=1S/C9H12N2O3S/c1-5(2)3-6-4-15-9(10-6)11-7(12)8(13)14/h4-5H,3H2,1-2H3,(H,13,14)(H,10,11,12). The van der Waals surface area contributed by atoms with Crippen molar-refractivity contribution in [2.24, 2.45) is 5.92 Å². The number of amides is 1. The zero-order valence-corrected chi connectivity index (χ0v) is 9.30. The fourth-order valence-corrected chi connectivity index (χ4v) is 1.75. The molecule has 0 unspecified atom stereocenters. The van der Waals surface area contributed by atoms with Gasteiger partial charge in [0, 0.05) is 5.38 Å². The molecule has 0 aliphatic heterocycles. The lowest BCUT2D eigenvalue weighted by atomic mass is 10.1. The Morgan fingerprint density at radius 3 is 2.80 bits per heavy atom. The lowest BCUT2D eigenvalue weighted by molar-refractivity contribution is -0.147. The Morgan fingerprint density at radius 1 is 1.60 bits per heavy atom. The van der Waals surface area contributed by atoms with E-state index in [0.717, 1.165) is 12.1 Å². The van der Waals surface area contributed by atoms with Crippen LogP contribution in [0, 0.1) is 5.92 Å². The molecule has 5 nitrogen and oxygen atoms in total. The van der Waals surface area contributed by atoms with Crippen LogP contribution in [0.15, 0.2) is 5.38 Å². The number of carbonyl (C=O) groups is 2. The minimum absolute atomic E-state index is 0.332. The molecule has 0 aliphatic rings. The first-order valence-corrected chi connectivity index (χ1v) is 5.35. The third-order valence-electron chi connectivity index (χ3n) is 1.58. The Kier molecular flexibility index (Phi) is 3.79. The number of nitrogens with one attached hydrogen (secondary N) is 1. The van der Waals surface area contributed by atoms with E-state index in [1.54, 1.807) is 0 Å². The molecule has 0 bridgehead atoms. The number of carboxylic acids is 1. The van der Waals surface area contributed by atoms with Crippen molar-refractivity contribution < 1.29 is 14.7 Å². The van der Waals surface area contributed by atoms with Crippen LogP contribution in [0.25, 0.3) is 0 Å². The molecule has 0 saturated carbocycles. The van der Waals surface area contributed by atoms with Gasteiger partial charge in [-0.1, -0.05) is 13.8 Å². The molecule has 0 radical (unpaired) electrons. The summed E-state index contributed by atoms with van der Waals surface area (Å²) in [6.45, 7) is 4.13.